The van der Waals surface area contributed by atoms with Gasteiger partial charge in [0.15, 0.2) is 11.5 Å². The number of carboxylic acids is 1. The number of aliphatic carboxylic acids is 1. The zero-order chi connectivity index (χ0) is 15.1. The predicted molar refractivity (Wildman–Crippen MR) is 87.2 cm³/mol. The van der Waals surface area contributed by atoms with E-state index in [1.54, 1.807) is 0 Å². The molecule has 1 aliphatic heterocycles. The molecule has 0 amide bonds. The number of hydrogen-bond donors (Lipinski definition) is 1. The molecule has 22 heavy (non-hydrogen) atoms. The molecule has 2 rings (SSSR count). The predicted octanol–water partition coefficient (Wildman–Crippen LogP) is 2.83. The van der Waals surface area contributed by atoms with Crippen molar-refractivity contribution in [3.05, 3.63) is 24.3 Å². The summed E-state index contributed by atoms with van der Waals surface area (Å²) in [4.78, 5) is 12.8. The first-order chi connectivity index (χ1) is 10.2. The van der Waals surface area contributed by atoms with Gasteiger partial charge in [-0.2, -0.15) is 0 Å². The molecule has 0 bridgehead atoms. The highest BCUT2D eigenvalue weighted by Gasteiger charge is 2.22. The van der Waals surface area contributed by atoms with Gasteiger partial charge in [0.1, 0.15) is 12.7 Å². The van der Waals surface area contributed by atoms with Crippen molar-refractivity contribution < 1.29 is 19.4 Å². The molecule has 0 aliphatic carbocycles. The van der Waals surface area contributed by atoms with Crippen LogP contribution < -0.4 is 9.47 Å². The van der Waals surface area contributed by atoms with Gasteiger partial charge in [0, 0.05) is 13.0 Å². The minimum atomic E-state index is -0.723. The maximum Gasteiger partial charge on any atom is 0.303 e. The Morgan fingerprint density at radius 3 is 2.73 bits per heavy atom. The Hall–Kier alpha value is -1.46. The van der Waals surface area contributed by atoms with Crippen LogP contribution in [0.2, 0.25) is 0 Å². The van der Waals surface area contributed by atoms with Crippen LogP contribution in [0.4, 0.5) is 0 Å². The van der Waals surface area contributed by atoms with Gasteiger partial charge in [0.2, 0.25) is 0 Å². The van der Waals surface area contributed by atoms with Gasteiger partial charge in [-0.05, 0) is 38.1 Å². The third-order valence-corrected chi connectivity index (χ3v) is 3.59. The third-order valence-electron chi connectivity index (χ3n) is 3.59. The second-order valence-electron chi connectivity index (χ2n) is 5.24. The molecule has 124 valence electrons. The number of rotatable bonds is 8. The zero-order valence-electron chi connectivity index (χ0n) is 12.9. The fourth-order valence-corrected chi connectivity index (χ4v) is 2.43. The van der Waals surface area contributed by atoms with Crippen LogP contribution in [0.5, 0.6) is 11.5 Å². The van der Waals surface area contributed by atoms with Crippen LogP contribution in [-0.4, -0.2) is 48.3 Å². The molecule has 1 heterocycles. The first-order valence-electron chi connectivity index (χ1n) is 7.51. The van der Waals surface area contributed by atoms with Crippen molar-refractivity contribution in [1.29, 1.82) is 0 Å². The average molecular weight is 330 g/mol. The number of hydrogen-bond acceptors (Lipinski definition) is 4. The van der Waals surface area contributed by atoms with Crippen LogP contribution >= 0.6 is 12.4 Å². The summed E-state index contributed by atoms with van der Waals surface area (Å²) in [6.07, 6.45) is 1.88. The summed E-state index contributed by atoms with van der Waals surface area (Å²) in [7, 11) is 0. The lowest BCUT2D eigenvalue weighted by Gasteiger charge is -2.30. The van der Waals surface area contributed by atoms with Crippen molar-refractivity contribution in [3.63, 3.8) is 0 Å². The molecule has 5 nitrogen and oxygen atoms in total. The Bertz CT molecular complexity index is 469. The van der Waals surface area contributed by atoms with Crippen LogP contribution in [0.1, 0.15) is 26.2 Å². The number of halogens is 1. The Morgan fingerprint density at radius 1 is 1.32 bits per heavy atom. The molecule has 1 aliphatic rings. The number of ether oxygens (including phenoxy) is 2. The molecule has 0 fully saturated rings. The van der Waals surface area contributed by atoms with Gasteiger partial charge in [-0.1, -0.05) is 19.1 Å². The number of carboxylic acid groups (broad SMARTS) is 1. The normalized spacial score (nSPS) is 16.2. The van der Waals surface area contributed by atoms with Crippen LogP contribution in [-0.2, 0) is 4.79 Å². The van der Waals surface area contributed by atoms with Gasteiger partial charge in [0.05, 0.1) is 0 Å². The van der Waals surface area contributed by atoms with E-state index in [2.05, 4.69) is 11.8 Å². The Balaban J connectivity index is 0.00000242. The van der Waals surface area contributed by atoms with Gasteiger partial charge in [-0.25, -0.2) is 0 Å². The second kappa shape index (κ2) is 9.54. The third kappa shape index (κ3) is 5.73. The molecule has 1 aromatic carbocycles. The molecule has 0 saturated heterocycles. The summed E-state index contributed by atoms with van der Waals surface area (Å²) >= 11 is 0. The molecule has 0 radical (unpaired) electrons. The summed E-state index contributed by atoms with van der Waals surface area (Å²) in [5.41, 5.74) is 0. The number of likely N-dealkylation sites (N-methyl/N-ethyl adjacent to an activating group) is 1. The highest BCUT2D eigenvalue weighted by molar-refractivity contribution is 5.85. The molecule has 1 N–H and O–H groups in total. The van der Waals surface area contributed by atoms with Gasteiger partial charge in [0.25, 0.3) is 0 Å². The highest BCUT2D eigenvalue weighted by Crippen LogP contribution is 2.30. The highest BCUT2D eigenvalue weighted by atomic mass is 35.5. The lowest BCUT2D eigenvalue weighted by atomic mass is 10.2. The number of benzene rings is 1. The van der Waals surface area contributed by atoms with Crippen molar-refractivity contribution in [2.45, 2.75) is 32.3 Å². The fourth-order valence-electron chi connectivity index (χ4n) is 2.43. The van der Waals surface area contributed by atoms with Crippen molar-refractivity contribution in [3.8, 4) is 11.5 Å². The molecule has 1 unspecified atom stereocenters. The van der Waals surface area contributed by atoms with Gasteiger partial charge < -0.3 is 14.6 Å². The number of unbranched alkanes of at least 4 members (excludes halogenated alkanes) is 1. The summed E-state index contributed by atoms with van der Waals surface area (Å²) in [5, 5.41) is 8.64. The molecular formula is C16H24ClNO4. The summed E-state index contributed by atoms with van der Waals surface area (Å²) in [5.74, 6) is 0.882. The van der Waals surface area contributed by atoms with Crippen LogP contribution in [0, 0.1) is 0 Å². The summed E-state index contributed by atoms with van der Waals surface area (Å²) in [6.45, 7) is 5.29. The van der Waals surface area contributed by atoms with Crippen molar-refractivity contribution in [2.24, 2.45) is 0 Å². The number of carbonyl (C=O) groups is 1. The monoisotopic (exact) mass is 329 g/mol. The molecule has 1 atom stereocenters. The smallest absolute Gasteiger partial charge is 0.303 e. The fraction of sp³-hybridized carbons (Fsp3) is 0.562. The topological polar surface area (TPSA) is 59.0 Å². The quantitative estimate of drug-likeness (QED) is 0.743. The minimum absolute atomic E-state index is 0. The van der Waals surface area contributed by atoms with Crippen LogP contribution in [0.15, 0.2) is 24.3 Å². The molecule has 0 saturated carbocycles. The molecule has 0 aromatic heterocycles. The maximum absolute atomic E-state index is 10.5. The van der Waals surface area contributed by atoms with E-state index in [9.17, 15) is 4.79 Å². The van der Waals surface area contributed by atoms with E-state index in [0.717, 1.165) is 44.0 Å². The standard InChI is InChI=1S/C16H23NO4.ClH/c1-2-17(10-6-5-9-16(18)19)11-13-12-20-14-7-3-4-8-15(14)21-13;/h3-4,7-8,13H,2,5-6,9-12H2,1H3,(H,18,19);1H. The minimum Gasteiger partial charge on any atom is -0.486 e. The largest absolute Gasteiger partial charge is 0.486 e. The van der Waals surface area contributed by atoms with E-state index in [0.29, 0.717) is 6.61 Å². The van der Waals surface area contributed by atoms with Crippen molar-refractivity contribution in [2.75, 3.05) is 26.2 Å². The summed E-state index contributed by atoms with van der Waals surface area (Å²) < 4.78 is 11.7. The van der Waals surface area contributed by atoms with E-state index in [4.69, 9.17) is 14.6 Å². The first kappa shape index (κ1) is 18.6. The zero-order valence-corrected chi connectivity index (χ0v) is 13.7. The van der Waals surface area contributed by atoms with Crippen molar-refractivity contribution >= 4 is 18.4 Å². The van der Waals surface area contributed by atoms with E-state index >= 15 is 0 Å². The number of nitrogens with zero attached hydrogens (tertiary/aromatic N) is 1. The lowest BCUT2D eigenvalue weighted by Crippen LogP contribution is -2.41. The molecular weight excluding hydrogens is 306 g/mol. The Kier molecular flexibility index (Phi) is 8.06. The van der Waals surface area contributed by atoms with E-state index in [-0.39, 0.29) is 24.9 Å². The maximum atomic E-state index is 10.5. The average Bonchev–Trinajstić information content (AvgIpc) is 2.50. The number of para-hydroxylation sites is 2. The molecule has 1 aromatic rings. The lowest BCUT2D eigenvalue weighted by molar-refractivity contribution is -0.137. The Labute approximate surface area is 137 Å². The van der Waals surface area contributed by atoms with Gasteiger partial charge in [-0.3, -0.25) is 9.69 Å². The van der Waals surface area contributed by atoms with Gasteiger partial charge >= 0.3 is 5.97 Å². The Morgan fingerprint density at radius 2 is 2.05 bits per heavy atom. The summed E-state index contributed by atoms with van der Waals surface area (Å²) in [6, 6.07) is 7.71. The van der Waals surface area contributed by atoms with Crippen LogP contribution in [0.3, 0.4) is 0 Å². The van der Waals surface area contributed by atoms with E-state index in [1.165, 1.54) is 0 Å². The molecule has 6 heteroatoms. The van der Waals surface area contributed by atoms with E-state index < -0.39 is 5.97 Å². The van der Waals surface area contributed by atoms with Gasteiger partial charge in [-0.15, -0.1) is 12.4 Å². The molecule has 0 spiro atoms. The first-order valence-corrected chi connectivity index (χ1v) is 7.51. The van der Waals surface area contributed by atoms with Crippen LogP contribution in [0.25, 0.3) is 0 Å². The number of fused-ring (bicyclic) bond motifs is 1. The SMILES string of the molecule is CCN(CCCCC(=O)O)CC1COc2ccccc2O1.Cl. The van der Waals surface area contributed by atoms with Crippen molar-refractivity contribution in [1.82, 2.24) is 4.90 Å². The van der Waals surface area contributed by atoms with E-state index in [1.807, 2.05) is 24.3 Å². The second-order valence-corrected chi connectivity index (χ2v) is 5.24.